The summed E-state index contributed by atoms with van der Waals surface area (Å²) in [7, 11) is 0.890. The summed E-state index contributed by atoms with van der Waals surface area (Å²) in [6.07, 6.45) is 0. The van der Waals surface area contributed by atoms with E-state index in [-0.39, 0.29) is 6.61 Å². The third kappa shape index (κ3) is 2.70. The van der Waals surface area contributed by atoms with Gasteiger partial charge in [-0.2, -0.15) is 0 Å². The first-order chi connectivity index (χ1) is 7.38. The fourth-order valence-corrected chi connectivity index (χ4v) is 2.16. The van der Waals surface area contributed by atoms with Crippen LogP contribution in [0.1, 0.15) is 17.3 Å². The average molecular weight is 267 g/mol. The second-order valence-corrected chi connectivity index (χ2v) is 5.31. The Morgan fingerprint density at radius 3 is 2.62 bits per heavy atom. The lowest BCUT2D eigenvalue weighted by molar-refractivity contribution is 0.0516. The van der Waals surface area contributed by atoms with Gasteiger partial charge in [0.15, 0.2) is 0 Å². The molecule has 0 aliphatic rings. The molecule has 16 heavy (non-hydrogen) atoms. The molecule has 0 unspecified atom stereocenters. The summed E-state index contributed by atoms with van der Waals surface area (Å²) in [6, 6.07) is 3.14. The lowest BCUT2D eigenvalue weighted by atomic mass is 10.2. The predicted octanol–water partition coefficient (Wildman–Crippen LogP) is 1.93. The molecule has 0 heterocycles. The molecule has 0 bridgehead atoms. The summed E-state index contributed by atoms with van der Waals surface area (Å²) in [4.78, 5) is 10.8. The highest BCUT2D eigenvalue weighted by molar-refractivity contribution is 8.13. The van der Waals surface area contributed by atoms with Crippen LogP contribution >= 0.6 is 10.7 Å². The number of hydrogen-bond donors (Lipinski definition) is 0. The van der Waals surface area contributed by atoms with Crippen LogP contribution in [0.3, 0.4) is 0 Å². The molecule has 0 spiro atoms. The summed E-state index contributed by atoms with van der Waals surface area (Å²) >= 11 is 0. The van der Waals surface area contributed by atoms with Gasteiger partial charge < -0.3 is 4.74 Å². The molecule has 88 valence electrons. The minimum Gasteiger partial charge on any atom is -0.462 e. The van der Waals surface area contributed by atoms with Crippen LogP contribution < -0.4 is 0 Å². The van der Waals surface area contributed by atoms with Crippen LogP contribution in [-0.2, 0) is 13.8 Å². The van der Waals surface area contributed by atoms with E-state index in [1.165, 1.54) is 6.92 Å². The SMILES string of the molecule is CCOC(=O)c1c(F)cccc1S(=O)(=O)Cl. The Hall–Kier alpha value is -1.14. The van der Waals surface area contributed by atoms with E-state index in [9.17, 15) is 17.6 Å². The zero-order valence-electron chi connectivity index (χ0n) is 8.24. The molecule has 1 rings (SSSR count). The number of benzene rings is 1. The topological polar surface area (TPSA) is 60.4 Å². The van der Waals surface area contributed by atoms with Crippen molar-refractivity contribution >= 4 is 25.7 Å². The van der Waals surface area contributed by atoms with Crippen molar-refractivity contribution in [3.05, 3.63) is 29.6 Å². The number of ether oxygens (including phenoxy) is 1. The second kappa shape index (κ2) is 4.80. The van der Waals surface area contributed by atoms with Gasteiger partial charge in [-0.1, -0.05) is 6.07 Å². The average Bonchev–Trinajstić information content (AvgIpc) is 2.16. The van der Waals surface area contributed by atoms with Gasteiger partial charge >= 0.3 is 5.97 Å². The summed E-state index contributed by atoms with van der Waals surface area (Å²) < 4.78 is 40.1. The minimum atomic E-state index is -4.19. The maximum atomic E-state index is 13.3. The molecule has 7 heteroatoms. The van der Waals surface area contributed by atoms with Crippen LogP contribution in [0.2, 0.25) is 0 Å². The van der Waals surface area contributed by atoms with Gasteiger partial charge in [0, 0.05) is 10.7 Å². The Kier molecular flexibility index (Phi) is 3.88. The molecule has 0 N–H and O–H groups in total. The van der Waals surface area contributed by atoms with E-state index >= 15 is 0 Å². The van der Waals surface area contributed by atoms with Gasteiger partial charge in [-0.25, -0.2) is 17.6 Å². The third-order valence-electron chi connectivity index (χ3n) is 1.72. The van der Waals surface area contributed by atoms with Gasteiger partial charge in [0.05, 0.1) is 11.5 Å². The van der Waals surface area contributed by atoms with Gasteiger partial charge in [0.2, 0.25) is 0 Å². The third-order valence-corrected chi connectivity index (χ3v) is 3.08. The van der Waals surface area contributed by atoms with E-state index in [0.29, 0.717) is 0 Å². The Bertz CT molecular complexity index is 512. The highest BCUT2D eigenvalue weighted by Gasteiger charge is 2.24. The zero-order chi connectivity index (χ0) is 12.3. The van der Waals surface area contributed by atoms with Crippen LogP contribution in [0.15, 0.2) is 23.1 Å². The van der Waals surface area contributed by atoms with Crippen LogP contribution in [0.5, 0.6) is 0 Å². The van der Waals surface area contributed by atoms with Crippen LogP contribution in [0, 0.1) is 5.82 Å². The van der Waals surface area contributed by atoms with Gasteiger partial charge in [-0.3, -0.25) is 0 Å². The van der Waals surface area contributed by atoms with Crippen molar-refractivity contribution in [3.8, 4) is 0 Å². The quantitative estimate of drug-likeness (QED) is 0.620. The zero-order valence-corrected chi connectivity index (χ0v) is 9.81. The highest BCUT2D eigenvalue weighted by Crippen LogP contribution is 2.23. The van der Waals surface area contributed by atoms with E-state index in [0.717, 1.165) is 18.2 Å². The highest BCUT2D eigenvalue weighted by atomic mass is 35.7. The standard InChI is InChI=1S/C9H8ClFO4S/c1-2-15-9(12)8-6(11)4-3-5-7(8)16(10,13)14/h3-5H,2H2,1H3. The van der Waals surface area contributed by atoms with E-state index in [2.05, 4.69) is 4.74 Å². The van der Waals surface area contributed by atoms with E-state index in [1.807, 2.05) is 0 Å². The summed E-state index contributed by atoms with van der Waals surface area (Å²) in [5.41, 5.74) is -0.667. The predicted molar refractivity (Wildman–Crippen MR) is 55.4 cm³/mol. The smallest absolute Gasteiger partial charge is 0.342 e. The maximum Gasteiger partial charge on any atom is 0.342 e. The van der Waals surface area contributed by atoms with Crippen molar-refractivity contribution in [2.75, 3.05) is 6.61 Å². The van der Waals surface area contributed by atoms with Crippen molar-refractivity contribution < 1.29 is 22.3 Å². The molecule has 0 aliphatic carbocycles. The van der Waals surface area contributed by atoms with Gasteiger partial charge in [0.1, 0.15) is 11.4 Å². The lowest BCUT2D eigenvalue weighted by Gasteiger charge is -2.06. The molecule has 4 nitrogen and oxygen atoms in total. The Balaban J connectivity index is 3.41. The van der Waals surface area contributed by atoms with Crippen molar-refractivity contribution in [1.82, 2.24) is 0 Å². The van der Waals surface area contributed by atoms with E-state index < -0.39 is 31.3 Å². The number of rotatable bonds is 3. The number of esters is 1. The normalized spacial score (nSPS) is 11.2. The number of halogens is 2. The summed E-state index contributed by atoms with van der Waals surface area (Å²) in [5.74, 6) is -2.04. The van der Waals surface area contributed by atoms with Crippen molar-refractivity contribution in [3.63, 3.8) is 0 Å². The monoisotopic (exact) mass is 266 g/mol. The molecular weight excluding hydrogens is 259 g/mol. The Labute approximate surface area is 96.4 Å². The first-order valence-electron chi connectivity index (χ1n) is 4.28. The van der Waals surface area contributed by atoms with Crippen molar-refractivity contribution in [2.24, 2.45) is 0 Å². The van der Waals surface area contributed by atoms with Gasteiger partial charge in [-0.15, -0.1) is 0 Å². The Morgan fingerprint density at radius 2 is 2.12 bits per heavy atom. The summed E-state index contributed by atoms with van der Waals surface area (Å²) in [6.45, 7) is 1.53. The van der Waals surface area contributed by atoms with E-state index in [1.54, 1.807) is 0 Å². The molecule has 0 amide bonds. The molecule has 1 aromatic rings. The fourth-order valence-electron chi connectivity index (χ4n) is 1.11. The minimum absolute atomic E-state index is 0.00887. The molecular formula is C9H8ClFO4S. The van der Waals surface area contributed by atoms with Crippen LogP contribution in [0.4, 0.5) is 4.39 Å². The largest absolute Gasteiger partial charge is 0.462 e. The molecule has 0 atom stereocenters. The molecule has 0 saturated heterocycles. The first kappa shape index (κ1) is 12.9. The molecule has 0 saturated carbocycles. The number of hydrogen-bond acceptors (Lipinski definition) is 4. The lowest BCUT2D eigenvalue weighted by Crippen LogP contribution is -2.12. The van der Waals surface area contributed by atoms with Crippen molar-refractivity contribution in [1.29, 1.82) is 0 Å². The van der Waals surface area contributed by atoms with E-state index in [4.69, 9.17) is 10.7 Å². The van der Waals surface area contributed by atoms with Crippen LogP contribution in [-0.4, -0.2) is 21.0 Å². The second-order valence-electron chi connectivity index (χ2n) is 2.77. The van der Waals surface area contributed by atoms with Crippen LogP contribution in [0.25, 0.3) is 0 Å². The summed E-state index contributed by atoms with van der Waals surface area (Å²) in [5, 5.41) is 0. The molecule has 0 fully saturated rings. The number of carbonyl (C=O) groups is 1. The molecule has 0 aromatic heterocycles. The maximum absolute atomic E-state index is 13.3. The fraction of sp³-hybridized carbons (Fsp3) is 0.222. The molecule has 0 radical (unpaired) electrons. The van der Waals surface area contributed by atoms with Gasteiger partial charge in [0.25, 0.3) is 9.05 Å². The number of carbonyl (C=O) groups excluding carboxylic acids is 1. The molecule has 0 aliphatic heterocycles. The van der Waals surface area contributed by atoms with Crippen molar-refractivity contribution in [2.45, 2.75) is 11.8 Å². The molecule has 1 aromatic carbocycles. The Morgan fingerprint density at radius 1 is 1.50 bits per heavy atom. The first-order valence-corrected chi connectivity index (χ1v) is 6.59. The van der Waals surface area contributed by atoms with Gasteiger partial charge in [-0.05, 0) is 19.1 Å².